The Labute approximate surface area is 235 Å². The fraction of sp³-hybridized carbons (Fsp3) is 0.400. The van der Waals surface area contributed by atoms with Gasteiger partial charge in [-0.1, -0.05) is 30.3 Å². The Morgan fingerprint density at radius 3 is 2.07 bits per heavy atom. The number of hydrogen-bond donors (Lipinski definition) is 9. The topological polar surface area (TPSA) is 281 Å². The average Bonchev–Trinajstić information content (AvgIpc) is 3.42. The number of H-pyrrole nitrogens is 1. The number of aliphatic carboxylic acids is 2. The van der Waals surface area contributed by atoms with Crippen molar-refractivity contribution >= 4 is 35.6 Å². The third-order valence-electron chi connectivity index (χ3n) is 5.82. The number of carboxylic acid groups (broad SMARTS) is 2. The maximum Gasteiger partial charge on any atom is 0.326 e. The lowest BCUT2D eigenvalue weighted by Gasteiger charge is -2.25. The highest BCUT2D eigenvalue weighted by molar-refractivity contribution is 5.95. The number of hydrogen-bond acceptors (Lipinski definition) is 8. The van der Waals surface area contributed by atoms with Crippen molar-refractivity contribution in [2.45, 2.75) is 56.3 Å². The van der Waals surface area contributed by atoms with Crippen LogP contribution in [0.15, 0.2) is 47.8 Å². The van der Waals surface area contributed by atoms with Gasteiger partial charge in [0.1, 0.15) is 18.1 Å². The Balaban J connectivity index is 2.24. The second-order valence-corrected chi connectivity index (χ2v) is 9.15. The fourth-order valence-corrected chi connectivity index (χ4v) is 3.75. The minimum Gasteiger partial charge on any atom is -0.481 e. The average molecular weight is 574 g/mol. The van der Waals surface area contributed by atoms with Crippen LogP contribution in [0.3, 0.4) is 0 Å². The number of aliphatic imine (C=N–C) groups is 1. The highest BCUT2D eigenvalue weighted by Crippen LogP contribution is 2.08. The van der Waals surface area contributed by atoms with Crippen molar-refractivity contribution in [3.63, 3.8) is 0 Å². The lowest BCUT2D eigenvalue weighted by molar-refractivity contribution is -0.142. The van der Waals surface area contributed by atoms with E-state index in [1.165, 1.54) is 12.5 Å². The van der Waals surface area contributed by atoms with Crippen LogP contribution in [0.5, 0.6) is 0 Å². The van der Waals surface area contributed by atoms with Gasteiger partial charge in [-0.3, -0.25) is 24.2 Å². The third kappa shape index (κ3) is 11.7. The lowest BCUT2D eigenvalue weighted by Crippen LogP contribution is -2.58. The number of guanidine groups is 1. The predicted octanol–water partition coefficient (Wildman–Crippen LogP) is -2.41. The van der Waals surface area contributed by atoms with Crippen LogP contribution in [0.1, 0.15) is 30.5 Å². The van der Waals surface area contributed by atoms with Crippen molar-refractivity contribution in [3.05, 3.63) is 54.1 Å². The molecule has 16 heteroatoms. The lowest BCUT2D eigenvalue weighted by atomic mass is 10.0. The molecule has 41 heavy (non-hydrogen) atoms. The van der Waals surface area contributed by atoms with Gasteiger partial charge in [-0.25, -0.2) is 9.78 Å². The molecule has 0 aliphatic rings. The van der Waals surface area contributed by atoms with Crippen molar-refractivity contribution in [3.8, 4) is 0 Å². The van der Waals surface area contributed by atoms with E-state index in [-0.39, 0.29) is 38.2 Å². The van der Waals surface area contributed by atoms with Gasteiger partial charge in [0.15, 0.2) is 5.96 Å². The molecule has 2 aromatic rings. The Morgan fingerprint density at radius 1 is 0.902 bits per heavy atom. The van der Waals surface area contributed by atoms with Crippen LogP contribution in [-0.2, 0) is 36.8 Å². The molecule has 0 aliphatic carbocycles. The first-order chi connectivity index (χ1) is 19.5. The molecular weight excluding hydrogens is 538 g/mol. The molecule has 3 amide bonds. The summed E-state index contributed by atoms with van der Waals surface area (Å²) in [6, 6.07) is 3.47. The van der Waals surface area contributed by atoms with E-state index in [4.69, 9.17) is 22.3 Å². The molecule has 1 aromatic heterocycles. The minimum absolute atomic E-state index is 0.00199. The van der Waals surface area contributed by atoms with E-state index in [2.05, 4.69) is 30.9 Å². The van der Waals surface area contributed by atoms with Crippen LogP contribution < -0.4 is 33.2 Å². The second-order valence-electron chi connectivity index (χ2n) is 9.15. The van der Waals surface area contributed by atoms with Gasteiger partial charge in [0.05, 0.1) is 18.8 Å². The molecule has 0 radical (unpaired) electrons. The number of carbonyl (C=O) groups excluding carboxylic acids is 3. The number of amides is 3. The molecule has 2 rings (SSSR count). The minimum atomic E-state index is -1.43. The van der Waals surface area contributed by atoms with Crippen molar-refractivity contribution in [1.29, 1.82) is 0 Å². The van der Waals surface area contributed by atoms with E-state index < -0.39 is 60.2 Å². The first kappa shape index (κ1) is 32.2. The zero-order valence-corrected chi connectivity index (χ0v) is 22.2. The van der Waals surface area contributed by atoms with Crippen LogP contribution in [0.4, 0.5) is 0 Å². The van der Waals surface area contributed by atoms with Gasteiger partial charge in [0.2, 0.25) is 17.7 Å². The Bertz CT molecular complexity index is 1200. The Kier molecular flexibility index (Phi) is 12.7. The number of imidazole rings is 1. The van der Waals surface area contributed by atoms with Crippen molar-refractivity contribution < 1.29 is 34.2 Å². The van der Waals surface area contributed by atoms with Crippen LogP contribution in [0, 0.1) is 0 Å². The molecule has 0 saturated carbocycles. The zero-order valence-electron chi connectivity index (χ0n) is 22.2. The molecule has 12 N–H and O–H groups in total. The highest BCUT2D eigenvalue weighted by atomic mass is 16.4. The standard InChI is InChI=1S/C25H35N9O7/c26-16(11-20(35)36)21(37)33-19(10-15-12-29-13-31-15)23(39)34-18(9-14-5-2-1-3-6-14)22(38)32-17(24(40)41)7-4-8-30-25(27)28/h1-3,5-6,12-13,16-19H,4,7-11,26H2,(H,29,31)(H,32,38)(H,33,37)(H,34,39)(H,35,36)(H,40,41)(H4,27,28,30). The van der Waals surface area contributed by atoms with Gasteiger partial charge in [0, 0.05) is 31.3 Å². The molecule has 0 fully saturated rings. The van der Waals surface area contributed by atoms with Crippen LogP contribution >= 0.6 is 0 Å². The molecular formula is C25H35N9O7. The van der Waals surface area contributed by atoms with E-state index in [1.807, 2.05) is 0 Å². The van der Waals surface area contributed by atoms with Gasteiger partial charge < -0.3 is 48.3 Å². The summed E-state index contributed by atoms with van der Waals surface area (Å²) in [6.07, 6.45) is 2.33. The molecule has 222 valence electrons. The summed E-state index contributed by atoms with van der Waals surface area (Å²) in [5.74, 6) is -5.18. The van der Waals surface area contributed by atoms with E-state index in [1.54, 1.807) is 30.3 Å². The number of rotatable bonds is 17. The monoisotopic (exact) mass is 573 g/mol. The number of benzene rings is 1. The molecule has 0 spiro atoms. The van der Waals surface area contributed by atoms with Gasteiger partial charge in [-0.05, 0) is 18.4 Å². The number of nitrogens with zero attached hydrogens (tertiary/aromatic N) is 2. The molecule has 0 saturated heterocycles. The quantitative estimate of drug-likeness (QED) is 0.0545. The number of nitrogens with one attached hydrogen (secondary N) is 4. The van der Waals surface area contributed by atoms with E-state index in [0.717, 1.165) is 0 Å². The maximum absolute atomic E-state index is 13.4. The smallest absolute Gasteiger partial charge is 0.326 e. The van der Waals surface area contributed by atoms with Crippen LogP contribution in [0.25, 0.3) is 0 Å². The van der Waals surface area contributed by atoms with E-state index in [0.29, 0.717) is 11.3 Å². The molecule has 1 aromatic carbocycles. The normalized spacial score (nSPS) is 13.6. The number of nitrogens with two attached hydrogens (primary N) is 3. The maximum atomic E-state index is 13.4. The van der Waals surface area contributed by atoms with Crippen molar-refractivity contribution in [1.82, 2.24) is 25.9 Å². The zero-order chi connectivity index (χ0) is 30.4. The fourth-order valence-electron chi connectivity index (χ4n) is 3.75. The van der Waals surface area contributed by atoms with E-state index in [9.17, 15) is 29.1 Å². The summed E-state index contributed by atoms with van der Waals surface area (Å²) in [6.45, 7) is 0.158. The van der Waals surface area contributed by atoms with Crippen LogP contribution in [0.2, 0.25) is 0 Å². The first-order valence-electron chi connectivity index (χ1n) is 12.6. The van der Waals surface area contributed by atoms with Gasteiger partial charge in [-0.15, -0.1) is 0 Å². The first-order valence-corrected chi connectivity index (χ1v) is 12.6. The summed E-state index contributed by atoms with van der Waals surface area (Å²) in [7, 11) is 0. The predicted molar refractivity (Wildman–Crippen MR) is 146 cm³/mol. The van der Waals surface area contributed by atoms with Gasteiger partial charge >= 0.3 is 11.9 Å². The third-order valence-corrected chi connectivity index (χ3v) is 5.82. The number of carboxylic acids is 2. The summed E-state index contributed by atoms with van der Waals surface area (Å²) >= 11 is 0. The van der Waals surface area contributed by atoms with Gasteiger partial charge in [0.25, 0.3) is 0 Å². The highest BCUT2D eigenvalue weighted by Gasteiger charge is 2.31. The molecule has 0 aliphatic heterocycles. The molecule has 0 bridgehead atoms. The number of aromatic amines is 1. The molecule has 4 atom stereocenters. The van der Waals surface area contributed by atoms with E-state index >= 15 is 0 Å². The van der Waals surface area contributed by atoms with Gasteiger partial charge in [-0.2, -0.15) is 0 Å². The SMILES string of the molecule is NC(N)=NCCCC(NC(=O)C(Cc1ccccc1)NC(=O)C(Cc1cnc[nH]1)NC(=O)C(N)CC(=O)O)C(=O)O. The largest absolute Gasteiger partial charge is 0.481 e. The summed E-state index contributed by atoms with van der Waals surface area (Å²) in [5, 5.41) is 26.0. The molecule has 4 unspecified atom stereocenters. The number of carbonyl (C=O) groups is 5. The molecule has 1 heterocycles. The Hall–Kier alpha value is -4.99. The summed E-state index contributed by atoms with van der Waals surface area (Å²) in [4.78, 5) is 72.5. The van der Waals surface area contributed by atoms with Crippen molar-refractivity contribution in [2.75, 3.05) is 6.54 Å². The summed E-state index contributed by atoms with van der Waals surface area (Å²) in [5.41, 5.74) is 17.4. The molecule has 16 nitrogen and oxygen atoms in total. The Morgan fingerprint density at radius 2 is 1.51 bits per heavy atom. The number of aromatic nitrogens is 2. The second kappa shape index (κ2) is 16.2. The summed E-state index contributed by atoms with van der Waals surface area (Å²) < 4.78 is 0. The van der Waals surface area contributed by atoms with Crippen LogP contribution in [-0.4, -0.2) is 86.5 Å². The van der Waals surface area contributed by atoms with Crippen molar-refractivity contribution in [2.24, 2.45) is 22.2 Å².